The third kappa shape index (κ3) is 2.69. The number of aliphatic hydroxyl groups is 1. The third-order valence-corrected chi connectivity index (χ3v) is 3.26. The van der Waals surface area contributed by atoms with Crippen LogP contribution in [-0.2, 0) is 4.79 Å². The minimum atomic E-state index is 0.0857. The quantitative estimate of drug-likeness (QED) is 0.688. The lowest BCUT2D eigenvalue weighted by Crippen LogP contribution is -2.45. The Morgan fingerprint density at radius 1 is 1.40 bits per heavy atom. The molecule has 1 saturated heterocycles. The van der Waals surface area contributed by atoms with Crippen LogP contribution < -0.4 is 5.32 Å². The van der Waals surface area contributed by atoms with Gasteiger partial charge in [0.25, 0.3) is 0 Å². The predicted octanol–water partition coefficient (Wildman–Crippen LogP) is -0.0307. The number of piperidine rings is 1. The molecule has 0 aromatic heterocycles. The highest BCUT2D eigenvalue weighted by atomic mass is 16.3. The highest BCUT2D eigenvalue weighted by Gasteiger charge is 2.35. The van der Waals surface area contributed by atoms with Crippen LogP contribution in [0.1, 0.15) is 25.7 Å². The van der Waals surface area contributed by atoms with Gasteiger partial charge in [0.2, 0.25) is 5.91 Å². The van der Waals surface area contributed by atoms with E-state index >= 15 is 0 Å². The van der Waals surface area contributed by atoms with E-state index in [2.05, 4.69) is 5.32 Å². The smallest absolute Gasteiger partial charge is 0.227 e. The fourth-order valence-corrected chi connectivity index (χ4v) is 2.26. The van der Waals surface area contributed by atoms with Crippen LogP contribution in [0.25, 0.3) is 0 Å². The number of aliphatic hydroxyl groups excluding tert-OH is 1. The molecular formula is C11H20N2O2. The molecule has 2 fully saturated rings. The number of hydrogen-bond donors (Lipinski definition) is 2. The SMILES string of the molecule is O=C([C@H]1CCCNC1)N(CCO)C1CC1. The number of hydrogen-bond acceptors (Lipinski definition) is 3. The molecule has 0 aromatic carbocycles. The Morgan fingerprint density at radius 2 is 2.20 bits per heavy atom. The highest BCUT2D eigenvalue weighted by molar-refractivity contribution is 5.79. The van der Waals surface area contributed by atoms with Crippen LogP contribution in [0.2, 0.25) is 0 Å². The summed E-state index contributed by atoms with van der Waals surface area (Å²) in [5, 5.41) is 12.2. The molecule has 0 aromatic rings. The van der Waals surface area contributed by atoms with E-state index in [9.17, 15) is 4.79 Å². The van der Waals surface area contributed by atoms with Gasteiger partial charge in [0.1, 0.15) is 0 Å². The van der Waals surface area contributed by atoms with Gasteiger partial charge in [-0.3, -0.25) is 4.79 Å². The van der Waals surface area contributed by atoms with Crippen LogP contribution in [0.5, 0.6) is 0 Å². The first-order chi connectivity index (χ1) is 7.33. The molecule has 1 amide bonds. The topological polar surface area (TPSA) is 52.6 Å². The van der Waals surface area contributed by atoms with Crippen LogP contribution in [0, 0.1) is 5.92 Å². The largest absolute Gasteiger partial charge is 0.395 e. The van der Waals surface area contributed by atoms with Crippen molar-refractivity contribution in [3.8, 4) is 0 Å². The summed E-state index contributed by atoms with van der Waals surface area (Å²) in [6.07, 6.45) is 4.33. The number of carbonyl (C=O) groups excluding carboxylic acids is 1. The molecule has 1 aliphatic carbocycles. The first kappa shape index (κ1) is 10.9. The molecule has 2 aliphatic rings. The molecular weight excluding hydrogens is 192 g/mol. The van der Waals surface area contributed by atoms with Crippen molar-refractivity contribution in [2.24, 2.45) is 5.92 Å². The Hall–Kier alpha value is -0.610. The van der Waals surface area contributed by atoms with Crippen molar-refractivity contribution in [2.75, 3.05) is 26.2 Å². The molecule has 1 aliphatic heterocycles. The number of rotatable bonds is 4. The molecule has 0 bridgehead atoms. The van der Waals surface area contributed by atoms with Gasteiger partial charge in [0.15, 0.2) is 0 Å². The standard InChI is InChI=1S/C11H20N2O2/c14-7-6-13(10-3-4-10)11(15)9-2-1-5-12-8-9/h9-10,12,14H,1-8H2/t9-/m0/s1. The van der Waals surface area contributed by atoms with E-state index in [1.165, 1.54) is 0 Å². The summed E-state index contributed by atoms with van der Waals surface area (Å²) in [5.74, 6) is 0.393. The second-order valence-electron chi connectivity index (χ2n) is 4.53. The highest BCUT2D eigenvalue weighted by Crippen LogP contribution is 2.28. The zero-order chi connectivity index (χ0) is 10.7. The molecule has 1 atom stereocenters. The van der Waals surface area contributed by atoms with E-state index in [-0.39, 0.29) is 18.4 Å². The van der Waals surface area contributed by atoms with Gasteiger partial charge in [-0.25, -0.2) is 0 Å². The maximum absolute atomic E-state index is 12.1. The van der Waals surface area contributed by atoms with E-state index in [1.807, 2.05) is 4.90 Å². The van der Waals surface area contributed by atoms with Crippen molar-refractivity contribution in [3.63, 3.8) is 0 Å². The van der Waals surface area contributed by atoms with Gasteiger partial charge in [0, 0.05) is 19.1 Å². The van der Waals surface area contributed by atoms with Crippen molar-refractivity contribution < 1.29 is 9.90 Å². The molecule has 0 unspecified atom stereocenters. The van der Waals surface area contributed by atoms with Crippen LogP contribution >= 0.6 is 0 Å². The van der Waals surface area contributed by atoms with Crippen molar-refractivity contribution >= 4 is 5.91 Å². The molecule has 4 nitrogen and oxygen atoms in total. The van der Waals surface area contributed by atoms with E-state index in [4.69, 9.17) is 5.11 Å². The predicted molar refractivity (Wildman–Crippen MR) is 57.4 cm³/mol. The molecule has 1 heterocycles. The van der Waals surface area contributed by atoms with Crippen molar-refractivity contribution in [1.29, 1.82) is 0 Å². The monoisotopic (exact) mass is 212 g/mol. The third-order valence-electron chi connectivity index (χ3n) is 3.26. The maximum Gasteiger partial charge on any atom is 0.227 e. The molecule has 2 N–H and O–H groups in total. The van der Waals surface area contributed by atoms with Crippen molar-refractivity contribution in [3.05, 3.63) is 0 Å². The summed E-state index contributed by atoms with van der Waals surface area (Å²) in [5.41, 5.74) is 0. The Kier molecular flexibility index (Phi) is 3.59. The van der Waals surface area contributed by atoms with Crippen LogP contribution in [-0.4, -0.2) is 48.2 Å². The van der Waals surface area contributed by atoms with Gasteiger partial charge in [-0.2, -0.15) is 0 Å². The first-order valence-electron chi connectivity index (χ1n) is 5.95. The summed E-state index contributed by atoms with van der Waals surface area (Å²) < 4.78 is 0. The lowest BCUT2D eigenvalue weighted by Gasteiger charge is -2.29. The second kappa shape index (κ2) is 4.94. The zero-order valence-electron chi connectivity index (χ0n) is 9.11. The number of carbonyl (C=O) groups is 1. The van der Waals surface area contributed by atoms with Gasteiger partial charge >= 0.3 is 0 Å². The molecule has 1 saturated carbocycles. The van der Waals surface area contributed by atoms with E-state index in [0.29, 0.717) is 12.6 Å². The van der Waals surface area contributed by atoms with Gasteiger partial charge < -0.3 is 15.3 Å². The molecule has 15 heavy (non-hydrogen) atoms. The van der Waals surface area contributed by atoms with Crippen LogP contribution in [0.3, 0.4) is 0 Å². The normalized spacial score (nSPS) is 26.3. The number of nitrogens with one attached hydrogen (secondary N) is 1. The van der Waals surface area contributed by atoms with Gasteiger partial charge in [-0.05, 0) is 32.2 Å². The van der Waals surface area contributed by atoms with E-state index < -0.39 is 0 Å². The van der Waals surface area contributed by atoms with Crippen molar-refractivity contribution in [1.82, 2.24) is 10.2 Å². The maximum atomic E-state index is 12.1. The fraction of sp³-hybridized carbons (Fsp3) is 0.909. The lowest BCUT2D eigenvalue weighted by atomic mass is 9.98. The molecule has 2 rings (SSSR count). The average molecular weight is 212 g/mol. The minimum Gasteiger partial charge on any atom is -0.395 e. The molecule has 0 spiro atoms. The van der Waals surface area contributed by atoms with Gasteiger partial charge in [-0.15, -0.1) is 0 Å². The Bertz CT molecular complexity index is 223. The number of amides is 1. The van der Waals surface area contributed by atoms with E-state index in [0.717, 1.165) is 38.8 Å². The Labute approximate surface area is 90.6 Å². The van der Waals surface area contributed by atoms with Crippen LogP contribution in [0.15, 0.2) is 0 Å². The molecule has 0 radical (unpaired) electrons. The summed E-state index contributed by atoms with van der Waals surface area (Å²) >= 11 is 0. The summed E-state index contributed by atoms with van der Waals surface area (Å²) in [7, 11) is 0. The minimum absolute atomic E-state index is 0.0857. The van der Waals surface area contributed by atoms with Gasteiger partial charge in [-0.1, -0.05) is 0 Å². The first-order valence-corrected chi connectivity index (χ1v) is 5.95. The summed E-state index contributed by atoms with van der Waals surface area (Å²) in [6, 6.07) is 0.423. The zero-order valence-corrected chi connectivity index (χ0v) is 9.11. The lowest BCUT2D eigenvalue weighted by molar-refractivity contribution is -0.137. The Balaban J connectivity index is 1.90. The summed E-state index contributed by atoms with van der Waals surface area (Å²) in [4.78, 5) is 14.0. The number of nitrogens with zero attached hydrogens (tertiary/aromatic N) is 1. The fourth-order valence-electron chi connectivity index (χ4n) is 2.26. The van der Waals surface area contributed by atoms with Crippen molar-refractivity contribution in [2.45, 2.75) is 31.7 Å². The average Bonchev–Trinajstić information content (AvgIpc) is 3.10. The molecule has 4 heteroatoms. The van der Waals surface area contributed by atoms with E-state index in [1.54, 1.807) is 0 Å². The second-order valence-corrected chi connectivity index (χ2v) is 4.53. The molecule has 86 valence electrons. The Morgan fingerprint density at radius 3 is 2.73 bits per heavy atom. The van der Waals surface area contributed by atoms with Crippen LogP contribution in [0.4, 0.5) is 0 Å². The summed E-state index contributed by atoms with van der Waals surface area (Å²) in [6.45, 7) is 2.45. The van der Waals surface area contributed by atoms with Gasteiger partial charge in [0.05, 0.1) is 12.5 Å².